The monoisotopic (exact) mass is 384 g/mol. The predicted molar refractivity (Wildman–Crippen MR) is 112 cm³/mol. The van der Waals surface area contributed by atoms with Crippen molar-refractivity contribution in [1.29, 1.82) is 0 Å². The van der Waals surface area contributed by atoms with Crippen LogP contribution in [-0.2, 0) is 4.74 Å². The maximum Gasteiger partial charge on any atom is 0.137 e. The lowest BCUT2D eigenvalue weighted by Crippen LogP contribution is -2.38. The van der Waals surface area contributed by atoms with Crippen molar-refractivity contribution in [3.05, 3.63) is 24.5 Å². The summed E-state index contributed by atoms with van der Waals surface area (Å²) < 4.78 is 11.4. The van der Waals surface area contributed by atoms with Crippen LogP contribution in [0.4, 0.5) is 5.82 Å². The summed E-state index contributed by atoms with van der Waals surface area (Å²) in [5.41, 5.74) is 0.962. The Hall–Kier alpha value is -1.92. The minimum atomic E-state index is 0.504. The molecule has 152 valence electrons. The lowest BCUT2D eigenvalue weighted by Gasteiger charge is -2.26. The molecule has 1 aromatic carbocycles. The molecule has 0 amide bonds. The molecular formula is C22H32N4O2. The lowest BCUT2D eigenvalue weighted by molar-refractivity contribution is 0.0322. The first-order valence-electron chi connectivity index (χ1n) is 10.8. The van der Waals surface area contributed by atoms with Gasteiger partial charge in [0.15, 0.2) is 0 Å². The number of fused-ring (bicyclic) bond motifs is 1. The first-order chi connectivity index (χ1) is 13.9. The van der Waals surface area contributed by atoms with Crippen molar-refractivity contribution in [2.75, 3.05) is 44.8 Å². The van der Waals surface area contributed by atoms with E-state index in [-0.39, 0.29) is 0 Å². The predicted octanol–water partition coefficient (Wildman–Crippen LogP) is 3.87. The standard InChI is InChI=1S/C22H32N4O2/c1-2-4-6-18(7-5-3-1)25-22-20-16-19(8-9-21(20)23-17-24-22)28-15-12-26-10-13-27-14-11-26/h8-9,16-18H,1-7,10-15H2,(H,23,24,25). The number of anilines is 1. The van der Waals surface area contributed by atoms with Crippen LogP contribution in [0.3, 0.4) is 0 Å². The van der Waals surface area contributed by atoms with Gasteiger partial charge in [0.25, 0.3) is 0 Å². The van der Waals surface area contributed by atoms with Crippen LogP contribution < -0.4 is 10.1 Å². The number of aromatic nitrogens is 2. The first kappa shape index (κ1) is 19.4. The van der Waals surface area contributed by atoms with Gasteiger partial charge in [-0.2, -0.15) is 0 Å². The number of benzene rings is 1. The van der Waals surface area contributed by atoms with Crippen LogP contribution in [0.5, 0.6) is 5.75 Å². The highest BCUT2D eigenvalue weighted by Crippen LogP contribution is 2.27. The molecule has 1 saturated carbocycles. The Kier molecular flexibility index (Phi) is 6.95. The Morgan fingerprint density at radius 3 is 2.64 bits per heavy atom. The number of nitrogens with zero attached hydrogens (tertiary/aromatic N) is 3. The summed E-state index contributed by atoms with van der Waals surface area (Å²) in [6, 6.07) is 6.63. The highest BCUT2D eigenvalue weighted by atomic mass is 16.5. The van der Waals surface area contributed by atoms with E-state index in [4.69, 9.17) is 9.47 Å². The van der Waals surface area contributed by atoms with Crippen molar-refractivity contribution in [3.63, 3.8) is 0 Å². The minimum Gasteiger partial charge on any atom is -0.492 e. The van der Waals surface area contributed by atoms with Gasteiger partial charge >= 0.3 is 0 Å². The summed E-state index contributed by atoms with van der Waals surface area (Å²) >= 11 is 0. The van der Waals surface area contributed by atoms with Crippen LogP contribution in [0.2, 0.25) is 0 Å². The zero-order valence-electron chi connectivity index (χ0n) is 16.7. The van der Waals surface area contributed by atoms with Crippen LogP contribution >= 0.6 is 0 Å². The lowest BCUT2D eigenvalue weighted by atomic mass is 9.96. The smallest absolute Gasteiger partial charge is 0.137 e. The molecule has 0 atom stereocenters. The molecule has 1 N–H and O–H groups in total. The highest BCUT2D eigenvalue weighted by Gasteiger charge is 2.14. The van der Waals surface area contributed by atoms with Gasteiger partial charge in [-0.25, -0.2) is 9.97 Å². The molecule has 4 rings (SSSR count). The molecule has 6 heteroatoms. The van der Waals surface area contributed by atoms with E-state index in [0.29, 0.717) is 12.6 Å². The van der Waals surface area contributed by atoms with Gasteiger partial charge in [0.05, 0.1) is 18.7 Å². The van der Waals surface area contributed by atoms with Gasteiger partial charge < -0.3 is 14.8 Å². The van der Waals surface area contributed by atoms with Gasteiger partial charge in [-0.3, -0.25) is 4.90 Å². The largest absolute Gasteiger partial charge is 0.492 e. The third-order valence-corrected chi connectivity index (χ3v) is 5.83. The van der Waals surface area contributed by atoms with E-state index in [2.05, 4.69) is 26.3 Å². The highest BCUT2D eigenvalue weighted by molar-refractivity contribution is 5.90. The molecule has 6 nitrogen and oxygen atoms in total. The Morgan fingerprint density at radius 2 is 1.82 bits per heavy atom. The quantitative estimate of drug-likeness (QED) is 0.816. The summed E-state index contributed by atoms with van der Waals surface area (Å²) in [5.74, 6) is 1.82. The molecule has 2 heterocycles. The Balaban J connectivity index is 1.41. The van der Waals surface area contributed by atoms with E-state index in [1.165, 1.54) is 44.9 Å². The van der Waals surface area contributed by atoms with Crippen molar-refractivity contribution < 1.29 is 9.47 Å². The molecule has 2 aromatic rings. The number of rotatable bonds is 6. The molecule has 1 saturated heterocycles. The van der Waals surface area contributed by atoms with E-state index in [0.717, 1.165) is 55.3 Å². The zero-order valence-corrected chi connectivity index (χ0v) is 16.7. The van der Waals surface area contributed by atoms with Crippen LogP contribution in [0, 0.1) is 0 Å². The fourth-order valence-corrected chi connectivity index (χ4v) is 4.15. The van der Waals surface area contributed by atoms with Crippen molar-refractivity contribution in [3.8, 4) is 5.75 Å². The summed E-state index contributed by atoms with van der Waals surface area (Å²) in [6.07, 6.45) is 10.8. The number of nitrogens with one attached hydrogen (secondary N) is 1. The van der Waals surface area contributed by atoms with Crippen LogP contribution in [0.1, 0.15) is 44.9 Å². The van der Waals surface area contributed by atoms with Gasteiger partial charge in [0.1, 0.15) is 24.5 Å². The normalized spacial score (nSPS) is 19.9. The van der Waals surface area contributed by atoms with Gasteiger partial charge in [0.2, 0.25) is 0 Å². The minimum absolute atomic E-state index is 0.504. The summed E-state index contributed by atoms with van der Waals surface area (Å²) in [6.45, 7) is 5.24. The van der Waals surface area contributed by atoms with Gasteiger partial charge in [-0.15, -0.1) is 0 Å². The fourth-order valence-electron chi connectivity index (χ4n) is 4.15. The molecule has 1 aliphatic carbocycles. The molecule has 28 heavy (non-hydrogen) atoms. The Labute approximate surface area is 167 Å². The summed E-state index contributed by atoms with van der Waals surface area (Å²) in [5, 5.41) is 4.75. The second-order valence-corrected chi connectivity index (χ2v) is 7.89. The average Bonchev–Trinajstić information content (AvgIpc) is 2.71. The van der Waals surface area contributed by atoms with E-state index in [1.807, 2.05) is 12.1 Å². The van der Waals surface area contributed by atoms with Gasteiger partial charge in [0, 0.05) is 31.1 Å². The van der Waals surface area contributed by atoms with Crippen LogP contribution in [-0.4, -0.2) is 60.4 Å². The maximum atomic E-state index is 6.03. The molecule has 0 unspecified atom stereocenters. The van der Waals surface area contributed by atoms with Gasteiger partial charge in [-0.05, 0) is 31.0 Å². The maximum absolute atomic E-state index is 6.03. The third kappa shape index (κ3) is 5.32. The number of hydrogen-bond donors (Lipinski definition) is 1. The Morgan fingerprint density at radius 1 is 1.04 bits per heavy atom. The van der Waals surface area contributed by atoms with E-state index in [1.54, 1.807) is 6.33 Å². The molecule has 0 radical (unpaired) electrons. The molecule has 2 aliphatic rings. The van der Waals surface area contributed by atoms with E-state index >= 15 is 0 Å². The number of ether oxygens (including phenoxy) is 2. The van der Waals surface area contributed by atoms with Crippen LogP contribution in [0.15, 0.2) is 24.5 Å². The topological polar surface area (TPSA) is 59.5 Å². The average molecular weight is 385 g/mol. The zero-order chi connectivity index (χ0) is 19.0. The summed E-state index contributed by atoms with van der Waals surface area (Å²) in [4.78, 5) is 11.4. The molecule has 1 aliphatic heterocycles. The van der Waals surface area contributed by atoms with Crippen LogP contribution in [0.25, 0.3) is 10.9 Å². The van der Waals surface area contributed by atoms with Crippen molar-refractivity contribution >= 4 is 16.7 Å². The van der Waals surface area contributed by atoms with E-state index < -0.39 is 0 Å². The van der Waals surface area contributed by atoms with Crippen molar-refractivity contribution in [1.82, 2.24) is 14.9 Å². The Bertz CT molecular complexity index is 740. The third-order valence-electron chi connectivity index (χ3n) is 5.83. The fraction of sp³-hybridized carbons (Fsp3) is 0.636. The second-order valence-electron chi connectivity index (χ2n) is 7.89. The molecule has 0 spiro atoms. The summed E-state index contributed by atoms with van der Waals surface area (Å²) in [7, 11) is 0. The first-order valence-corrected chi connectivity index (χ1v) is 10.8. The number of hydrogen-bond acceptors (Lipinski definition) is 6. The van der Waals surface area contributed by atoms with Crippen molar-refractivity contribution in [2.24, 2.45) is 0 Å². The van der Waals surface area contributed by atoms with Crippen molar-refractivity contribution in [2.45, 2.75) is 51.0 Å². The molecule has 1 aromatic heterocycles. The SMILES string of the molecule is c1nc(NC2CCCCCCC2)c2cc(OCCN3CCOCC3)ccc2n1. The molecule has 2 fully saturated rings. The van der Waals surface area contributed by atoms with E-state index in [9.17, 15) is 0 Å². The number of morpholine rings is 1. The van der Waals surface area contributed by atoms with Gasteiger partial charge in [-0.1, -0.05) is 32.1 Å². The second kappa shape index (κ2) is 10.0. The molecular weight excluding hydrogens is 352 g/mol. The molecule has 0 bridgehead atoms.